The lowest BCUT2D eigenvalue weighted by atomic mass is 10.0. The molecule has 4 aromatic rings. The van der Waals surface area contributed by atoms with Crippen LogP contribution in [-0.4, -0.2) is 20.4 Å². The number of hydrogen-bond acceptors (Lipinski definition) is 3. The average Bonchev–Trinajstić information content (AvgIpc) is 2.92. The minimum absolute atomic E-state index is 0.115. The lowest BCUT2D eigenvalue weighted by Gasteiger charge is -2.12. The second-order valence-corrected chi connectivity index (χ2v) is 8.41. The van der Waals surface area contributed by atoms with Gasteiger partial charge in [0.05, 0.1) is 22.1 Å². The monoisotopic (exact) mass is 398 g/mol. The molecule has 0 unspecified atom stereocenters. The number of carbonyl (C=O) groups is 1. The third-order valence-corrected chi connectivity index (χ3v) is 5.94. The van der Waals surface area contributed by atoms with Gasteiger partial charge in [-0.25, -0.2) is 4.98 Å². The number of carbonyl (C=O) groups excluding carboxylic acids is 1. The predicted octanol–water partition coefficient (Wildman–Crippen LogP) is 5.69. The molecular weight excluding hydrogens is 372 g/mol. The lowest BCUT2D eigenvalue weighted by molar-refractivity contribution is 0.102. The Hall–Kier alpha value is -3.21. The molecule has 0 spiro atoms. The van der Waals surface area contributed by atoms with E-state index >= 15 is 0 Å². The Morgan fingerprint density at radius 1 is 1.00 bits per heavy atom. The van der Waals surface area contributed by atoms with Crippen LogP contribution in [0.5, 0.6) is 0 Å². The summed E-state index contributed by atoms with van der Waals surface area (Å²) >= 11 is 0. The maximum Gasteiger partial charge on any atom is 0.256 e. The SMILES string of the molecule is CC(C)c1cc(C(=O)Nc2ccc3c(c2)nc2n3CCCCC2)c2ccccc2n1. The topological polar surface area (TPSA) is 59.8 Å². The normalized spacial score (nSPS) is 14.1. The molecule has 2 aromatic heterocycles. The van der Waals surface area contributed by atoms with E-state index in [2.05, 4.69) is 29.8 Å². The van der Waals surface area contributed by atoms with E-state index in [1.165, 1.54) is 19.3 Å². The van der Waals surface area contributed by atoms with Crippen LogP contribution in [0.1, 0.15) is 60.9 Å². The third kappa shape index (κ3) is 3.34. The summed E-state index contributed by atoms with van der Waals surface area (Å²) in [5, 5.41) is 3.96. The highest BCUT2D eigenvalue weighted by Gasteiger charge is 2.17. The van der Waals surface area contributed by atoms with E-state index in [0.29, 0.717) is 5.56 Å². The Morgan fingerprint density at radius 3 is 2.73 bits per heavy atom. The van der Waals surface area contributed by atoms with Gasteiger partial charge in [-0.2, -0.15) is 0 Å². The summed E-state index contributed by atoms with van der Waals surface area (Å²) in [6.07, 6.45) is 4.68. The Kier molecular flexibility index (Phi) is 4.74. The summed E-state index contributed by atoms with van der Waals surface area (Å²) in [6, 6.07) is 15.8. The van der Waals surface area contributed by atoms with E-state index in [4.69, 9.17) is 9.97 Å². The minimum Gasteiger partial charge on any atom is -0.328 e. The molecule has 0 atom stereocenters. The van der Waals surface area contributed by atoms with Gasteiger partial charge in [0.25, 0.3) is 5.91 Å². The number of amides is 1. The number of nitrogens with one attached hydrogen (secondary N) is 1. The Balaban J connectivity index is 1.50. The van der Waals surface area contributed by atoms with Gasteiger partial charge < -0.3 is 9.88 Å². The van der Waals surface area contributed by atoms with Gasteiger partial charge in [-0.3, -0.25) is 9.78 Å². The van der Waals surface area contributed by atoms with Crippen LogP contribution >= 0.6 is 0 Å². The van der Waals surface area contributed by atoms with Crippen LogP contribution < -0.4 is 5.32 Å². The number of aromatic nitrogens is 3. The van der Waals surface area contributed by atoms with Crippen molar-refractivity contribution < 1.29 is 4.79 Å². The largest absolute Gasteiger partial charge is 0.328 e. The number of benzene rings is 2. The minimum atomic E-state index is -0.115. The van der Waals surface area contributed by atoms with Crippen molar-refractivity contribution in [2.45, 2.75) is 52.0 Å². The molecule has 0 bridgehead atoms. The second kappa shape index (κ2) is 7.56. The number of fused-ring (bicyclic) bond motifs is 4. The van der Waals surface area contributed by atoms with E-state index in [9.17, 15) is 4.79 Å². The number of imidazole rings is 1. The van der Waals surface area contributed by atoms with E-state index in [-0.39, 0.29) is 11.8 Å². The molecule has 5 nitrogen and oxygen atoms in total. The van der Waals surface area contributed by atoms with Crippen molar-refractivity contribution >= 4 is 33.5 Å². The first-order chi connectivity index (χ1) is 14.6. The highest BCUT2D eigenvalue weighted by atomic mass is 16.1. The van der Waals surface area contributed by atoms with Crippen LogP contribution in [0.4, 0.5) is 5.69 Å². The van der Waals surface area contributed by atoms with Crippen LogP contribution in [0.15, 0.2) is 48.5 Å². The van der Waals surface area contributed by atoms with Crippen LogP contribution in [0.25, 0.3) is 21.9 Å². The summed E-state index contributed by atoms with van der Waals surface area (Å²) in [5.41, 5.74) is 5.31. The van der Waals surface area contributed by atoms with E-state index in [1.807, 2.05) is 42.5 Å². The summed E-state index contributed by atoms with van der Waals surface area (Å²) < 4.78 is 2.33. The molecule has 5 rings (SSSR count). The molecule has 3 heterocycles. The summed E-state index contributed by atoms with van der Waals surface area (Å²) in [4.78, 5) is 22.8. The molecule has 5 heteroatoms. The van der Waals surface area contributed by atoms with Gasteiger partial charge in [0, 0.05) is 29.7 Å². The zero-order valence-corrected chi connectivity index (χ0v) is 17.5. The van der Waals surface area contributed by atoms with Gasteiger partial charge in [0.2, 0.25) is 0 Å². The Bertz CT molecular complexity index is 1250. The maximum absolute atomic E-state index is 13.2. The van der Waals surface area contributed by atoms with Gasteiger partial charge in [-0.1, -0.05) is 38.5 Å². The van der Waals surface area contributed by atoms with Gasteiger partial charge in [-0.15, -0.1) is 0 Å². The van der Waals surface area contributed by atoms with Crippen LogP contribution in [0.2, 0.25) is 0 Å². The number of nitrogens with zero attached hydrogens (tertiary/aromatic N) is 3. The lowest BCUT2D eigenvalue weighted by Crippen LogP contribution is -2.13. The van der Waals surface area contributed by atoms with Crippen molar-refractivity contribution in [3.8, 4) is 0 Å². The quantitative estimate of drug-likeness (QED) is 0.482. The van der Waals surface area contributed by atoms with Crippen molar-refractivity contribution in [3.63, 3.8) is 0 Å². The number of pyridine rings is 1. The summed E-state index contributed by atoms with van der Waals surface area (Å²) in [6.45, 7) is 5.21. The van der Waals surface area contributed by atoms with Crippen molar-refractivity contribution in [1.82, 2.24) is 14.5 Å². The fourth-order valence-corrected chi connectivity index (χ4v) is 4.31. The standard InChI is InChI=1S/C25H26N4O/c1-16(2)21-15-19(18-8-5-6-9-20(18)27-21)25(30)26-17-11-12-23-22(14-17)28-24-10-4-3-7-13-29(23)24/h5-6,8-9,11-12,14-16H,3-4,7,10,13H2,1-2H3,(H,26,30). The zero-order valence-electron chi connectivity index (χ0n) is 17.5. The summed E-state index contributed by atoms with van der Waals surface area (Å²) in [5.74, 6) is 1.29. The van der Waals surface area contributed by atoms with Gasteiger partial charge in [0.1, 0.15) is 5.82 Å². The van der Waals surface area contributed by atoms with E-state index in [0.717, 1.165) is 52.1 Å². The van der Waals surface area contributed by atoms with Crippen LogP contribution in [0.3, 0.4) is 0 Å². The zero-order chi connectivity index (χ0) is 20.7. The van der Waals surface area contributed by atoms with Gasteiger partial charge >= 0.3 is 0 Å². The van der Waals surface area contributed by atoms with Crippen LogP contribution in [0, 0.1) is 0 Å². The van der Waals surface area contributed by atoms with Gasteiger partial charge in [0.15, 0.2) is 0 Å². The first-order valence-electron chi connectivity index (χ1n) is 10.8. The highest BCUT2D eigenvalue weighted by Crippen LogP contribution is 2.26. The molecule has 0 saturated heterocycles. The van der Waals surface area contributed by atoms with Crippen LogP contribution in [-0.2, 0) is 13.0 Å². The first-order valence-corrected chi connectivity index (χ1v) is 10.8. The molecule has 1 N–H and O–H groups in total. The predicted molar refractivity (Wildman–Crippen MR) is 121 cm³/mol. The maximum atomic E-state index is 13.2. The number of para-hydroxylation sites is 1. The van der Waals surface area contributed by atoms with Crippen molar-refractivity contribution in [2.24, 2.45) is 0 Å². The summed E-state index contributed by atoms with van der Waals surface area (Å²) in [7, 11) is 0. The number of hydrogen-bond donors (Lipinski definition) is 1. The molecule has 1 aliphatic heterocycles. The number of aryl methyl sites for hydroxylation is 2. The molecule has 0 fully saturated rings. The fourth-order valence-electron chi connectivity index (χ4n) is 4.31. The molecular formula is C25H26N4O. The number of anilines is 1. The number of rotatable bonds is 3. The molecule has 0 aliphatic carbocycles. The Labute approximate surface area is 176 Å². The smallest absolute Gasteiger partial charge is 0.256 e. The first kappa shape index (κ1) is 18.8. The molecule has 1 aliphatic rings. The van der Waals surface area contributed by atoms with Crippen molar-refractivity contribution in [1.29, 1.82) is 0 Å². The second-order valence-electron chi connectivity index (χ2n) is 8.41. The van der Waals surface area contributed by atoms with Crippen molar-refractivity contribution in [2.75, 3.05) is 5.32 Å². The molecule has 0 radical (unpaired) electrons. The fraction of sp³-hybridized carbons (Fsp3) is 0.320. The molecule has 30 heavy (non-hydrogen) atoms. The van der Waals surface area contributed by atoms with E-state index < -0.39 is 0 Å². The molecule has 1 amide bonds. The van der Waals surface area contributed by atoms with Gasteiger partial charge in [-0.05, 0) is 49.1 Å². The third-order valence-electron chi connectivity index (χ3n) is 5.94. The molecule has 0 saturated carbocycles. The highest BCUT2D eigenvalue weighted by molar-refractivity contribution is 6.12. The molecule has 2 aromatic carbocycles. The van der Waals surface area contributed by atoms with E-state index in [1.54, 1.807) is 0 Å². The molecule has 152 valence electrons. The van der Waals surface area contributed by atoms with Crippen molar-refractivity contribution in [3.05, 3.63) is 65.6 Å². The average molecular weight is 399 g/mol. The Morgan fingerprint density at radius 2 is 1.87 bits per heavy atom.